The predicted molar refractivity (Wildman–Crippen MR) is 140 cm³/mol. The molecular formula is C26H31N7O3. The molecule has 1 saturated heterocycles. The molecule has 2 amide bonds. The molecule has 10 heteroatoms. The molecule has 0 spiro atoms. The molecule has 36 heavy (non-hydrogen) atoms. The zero-order valence-electron chi connectivity index (χ0n) is 20.7. The summed E-state index contributed by atoms with van der Waals surface area (Å²) in [6.45, 7) is 6.76. The Hall–Kier alpha value is -3.92. The van der Waals surface area contributed by atoms with Crippen LogP contribution in [0.25, 0.3) is 11.4 Å². The fourth-order valence-electron chi connectivity index (χ4n) is 4.57. The SMILES string of the molecule is CCNC(=O)Nc1ccc(-c2nc3c(c(N4CCOCC4)n2)CCN(c2ccn(C)c(=O)c2)C3)cc1. The van der Waals surface area contributed by atoms with Crippen molar-refractivity contribution in [1.29, 1.82) is 0 Å². The van der Waals surface area contributed by atoms with Crippen molar-refractivity contribution in [3.05, 3.63) is 64.2 Å². The first-order valence-electron chi connectivity index (χ1n) is 12.3. The molecule has 2 N–H and O–H groups in total. The topological polar surface area (TPSA) is 105 Å². The highest BCUT2D eigenvalue weighted by molar-refractivity contribution is 5.89. The number of nitrogens with zero attached hydrogens (tertiary/aromatic N) is 5. The first-order valence-corrected chi connectivity index (χ1v) is 12.3. The number of nitrogens with one attached hydrogen (secondary N) is 2. The molecule has 2 aromatic heterocycles. The van der Waals surface area contributed by atoms with Crippen LogP contribution in [-0.4, -0.2) is 60.0 Å². The maximum absolute atomic E-state index is 12.2. The quantitative estimate of drug-likeness (QED) is 0.567. The lowest BCUT2D eigenvalue weighted by molar-refractivity contribution is 0.122. The van der Waals surface area contributed by atoms with Gasteiger partial charge in [0.1, 0.15) is 5.82 Å². The molecule has 0 atom stereocenters. The van der Waals surface area contributed by atoms with Crippen LogP contribution in [0.1, 0.15) is 18.2 Å². The van der Waals surface area contributed by atoms with Crippen molar-refractivity contribution in [3.63, 3.8) is 0 Å². The first kappa shape index (κ1) is 23.8. The Bertz CT molecular complexity index is 1300. The zero-order valence-corrected chi connectivity index (χ0v) is 20.7. The average molecular weight is 490 g/mol. The summed E-state index contributed by atoms with van der Waals surface area (Å²) in [4.78, 5) is 38.5. The maximum Gasteiger partial charge on any atom is 0.319 e. The molecule has 10 nitrogen and oxygen atoms in total. The highest BCUT2D eigenvalue weighted by atomic mass is 16.5. The molecule has 2 aliphatic rings. The minimum absolute atomic E-state index is 0.0306. The Morgan fingerprint density at radius 2 is 1.83 bits per heavy atom. The van der Waals surface area contributed by atoms with Crippen molar-refractivity contribution in [1.82, 2.24) is 19.9 Å². The normalized spacial score (nSPS) is 15.4. The van der Waals surface area contributed by atoms with Gasteiger partial charge in [-0.25, -0.2) is 14.8 Å². The van der Waals surface area contributed by atoms with E-state index in [-0.39, 0.29) is 11.6 Å². The Kier molecular flexibility index (Phi) is 6.86. The lowest BCUT2D eigenvalue weighted by atomic mass is 10.0. The third kappa shape index (κ3) is 5.03. The summed E-state index contributed by atoms with van der Waals surface area (Å²) in [5, 5.41) is 5.55. The lowest BCUT2D eigenvalue weighted by Crippen LogP contribution is -2.39. The van der Waals surface area contributed by atoms with Gasteiger partial charge in [-0.15, -0.1) is 0 Å². The summed E-state index contributed by atoms with van der Waals surface area (Å²) in [7, 11) is 1.75. The molecule has 2 aliphatic heterocycles. The van der Waals surface area contributed by atoms with E-state index in [1.54, 1.807) is 23.9 Å². The number of fused-ring (bicyclic) bond motifs is 1. The van der Waals surface area contributed by atoms with Gasteiger partial charge in [-0.05, 0) is 43.7 Å². The molecular weight excluding hydrogens is 458 g/mol. The van der Waals surface area contributed by atoms with Gasteiger partial charge in [-0.1, -0.05) is 0 Å². The molecule has 1 aromatic carbocycles. The van der Waals surface area contributed by atoms with Gasteiger partial charge in [-0.2, -0.15) is 0 Å². The van der Waals surface area contributed by atoms with Gasteiger partial charge in [0, 0.05) is 68.0 Å². The number of amides is 2. The van der Waals surface area contributed by atoms with E-state index in [1.807, 2.05) is 37.3 Å². The highest BCUT2D eigenvalue weighted by Crippen LogP contribution is 2.32. The summed E-state index contributed by atoms with van der Waals surface area (Å²) >= 11 is 0. The van der Waals surface area contributed by atoms with E-state index in [4.69, 9.17) is 14.7 Å². The van der Waals surface area contributed by atoms with Crippen molar-refractivity contribution >= 4 is 23.2 Å². The predicted octanol–water partition coefficient (Wildman–Crippen LogP) is 2.38. The molecule has 0 saturated carbocycles. The van der Waals surface area contributed by atoms with Crippen LogP contribution in [0.2, 0.25) is 0 Å². The van der Waals surface area contributed by atoms with Gasteiger partial charge in [0.2, 0.25) is 0 Å². The van der Waals surface area contributed by atoms with Crippen molar-refractivity contribution in [2.24, 2.45) is 7.05 Å². The van der Waals surface area contributed by atoms with E-state index in [9.17, 15) is 9.59 Å². The molecule has 3 aromatic rings. The van der Waals surface area contributed by atoms with Gasteiger partial charge in [-0.3, -0.25) is 4.79 Å². The molecule has 5 rings (SSSR count). The monoisotopic (exact) mass is 489 g/mol. The van der Waals surface area contributed by atoms with Crippen LogP contribution in [0.3, 0.4) is 0 Å². The van der Waals surface area contributed by atoms with Crippen LogP contribution in [0.15, 0.2) is 47.4 Å². The van der Waals surface area contributed by atoms with Crippen molar-refractivity contribution < 1.29 is 9.53 Å². The molecule has 0 radical (unpaired) electrons. The first-order chi connectivity index (χ1) is 17.5. The Morgan fingerprint density at radius 3 is 2.56 bits per heavy atom. The van der Waals surface area contributed by atoms with E-state index in [2.05, 4.69) is 20.4 Å². The van der Waals surface area contributed by atoms with Gasteiger partial charge in [0.25, 0.3) is 5.56 Å². The zero-order chi connectivity index (χ0) is 25.1. The fraction of sp³-hybridized carbons (Fsp3) is 0.385. The lowest BCUT2D eigenvalue weighted by Gasteiger charge is -2.35. The van der Waals surface area contributed by atoms with Crippen molar-refractivity contribution in [3.8, 4) is 11.4 Å². The van der Waals surface area contributed by atoms with Crippen LogP contribution in [0.4, 0.5) is 22.0 Å². The number of aryl methyl sites for hydroxylation is 1. The third-order valence-electron chi connectivity index (χ3n) is 6.55. The summed E-state index contributed by atoms with van der Waals surface area (Å²) in [5.74, 6) is 1.61. The number of benzene rings is 1. The molecule has 188 valence electrons. The van der Waals surface area contributed by atoms with Crippen molar-refractivity contribution in [2.45, 2.75) is 19.9 Å². The Balaban J connectivity index is 1.48. The number of rotatable bonds is 5. The number of aromatic nitrogens is 3. The van der Waals surface area contributed by atoms with Crippen LogP contribution >= 0.6 is 0 Å². The van der Waals surface area contributed by atoms with Gasteiger partial charge >= 0.3 is 6.03 Å². The van der Waals surface area contributed by atoms with Gasteiger partial charge < -0.3 is 29.7 Å². The second kappa shape index (κ2) is 10.4. The van der Waals surface area contributed by atoms with Crippen LogP contribution < -0.4 is 26.0 Å². The average Bonchev–Trinajstić information content (AvgIpc) is 2.90. The summed E-state index contributed by atoms with van der Waals surface area (Å²) in [6.07, 6.45) is 2.60. The summed E-state index contributed by atoms with van der Waals surface area (Å²) in [5.41, 5.74) is 4.58. The number of hydrogen-bond acceptors (Lipinski definition) is 7. The molecule has 0 bridgehead atoms. The number of pyridine rings is 1. The van der Waals surface area contributed by atoms with Crippen LogP contribution in [-0.2, 0) is 24.8 Å². The summed E-state index contributed by atoms with van der Waals surface area (Å²) in [6, 6.07) is 11.0. The third-order valence-corrected chi connectivity index (χ3v) is 6.55. The van der Waals surface area contributed by atoms with Crippen LogP contribution in [0.5, 0.6) is 0 Å². The van der Waals surface area contributed by atoms with E-state index in [0.29, 0.717) is 37.8 Å². The number of carbonyl (C=O) groups excluding carboxylic acids is 1. The van der Waals surface area contributed by atoms with Gasteiger partial charge in [0.15, 0.2) is 5.82 Å². The number of ether oxygens (including phenoxy) is 1. The fourth-order valence-corrected chi connectivity index (χ4v) is 4.57. The number of urea groups is 1. The number of hydrogen-bond donors (Lipinski definition) is 2. The molecule has 4 heterocycles. The second-order valence-corrected chi connectivity index (χ2v) is 8.96. The van der Waals surface area contributed by atoms with E-state index in [1.165, 1.54) is 0 Å². The maximum atomic E-state index is 12.2. The minimum atomic E-state index is -0.235. The van der Waals surface area contributed by atoms with E-state index in [0.717, 1.165) is 54.4 Å². The van der Waals surface area contributed by atoms with E-state index < -0.39 is 0 Å². The Morgan fingerprint density at radius 1 is 1.06 bits per heavy atom. The molecule has 0 unspecified atom stereocenters. The molecule has 0 aliphatic carbocycles. The number of morpholine rings is 1. The molecule has 1 fully saturated rings. The number of anilines is 3. The van der Waals surface area contributed by atoms with Crippen molar-refractivity contribution in [2.75, 3.05) is 54.5 Å². The second-order valence-electron chi connectivity index (χ2n) is 8.96. The minimum Gasteiger partial charge on any atom is -0.378 e. The van der Waals surface area contributed by atoms with Gasteiger partial charge in [0.05, 0.1) is 25.5 Å². The highest BCUT2D eigenvalue weighted by Gasteiger charge is 2.26. The van der Waals surface area contributed by atoms with Crippen LogP contribution in [0, 0.1) is 0 Å². The standard InChI is InChI=1S/C26H31N7O3/c1-3-27-26(35)28-19-6-4-18(5-7-19)24-29-22-17-33(20-8-10-31(2)23(34)16-20)11-9-21(22)25(30-24)32-12-14-36-15-13-32/h4-8,10,16H,3,9,11-15,17H2,1-2H3,(H2,27,28,35). The largest absolute Gasteiger partial charge is 0.378 e. The Labute approximate surface area is 209 Å². The number of carbonyl (C=O) groups is 1. The summed E-state index contributed by atoms with van der Waals surface area (Å²) < 4.78 is 7.15. The van der Waals surface area contributed by atoms with E-state index >= 15 is 0 Å². The smallest absolute Gasteiger partial charge is 0.319 e.